The van der Waals surface area contributed by atoms with Crippen molar-refractivity contribution < 1.29 is 14.3 Å². The van der Waals surface area contributed by atoms with Gasteiger partial charge in [-0.3, -0.25) is 0 Å². The molecule has 14 heavy (non-hydrogen) atoms. The smallest absolute Gasteiger partial charge is 0.333 e. The Balaban J connectivity index is 3.99. The summed E-state index contributed by atoms with van der Waals surface area (Å²) in [4.78, 5) is 11.0. The van der Waals surface area contributed by atoms with Gasteiger partial charge in [-0.2, -0.15) is 0 Å². The van der Waals surface area contributed by atoms with E-state index in [-0.39, 0.29) is 11.6 Å². The van der Waals surface area contributed by atoms with E-state index in [1.54, 1.807) is 13.0 Å². The fraction of sp³-hybridized carbons (Fsp3) is 0.727. The Morgan fingerprint density at radius 3 is 2.43 bits per heavy atom. The monoisotopic (exact) mass is 200 g/mol. The molecule has 0 aliphatic heterocycles. The van der Waals surface area contributed by atoms with Crippen LogP contribution in [0.4, 0.5) is 0 Å². The zero-order valence-electron chi connectivity index (χ0n) is 9.72. The molecular formula is C11H20O3. The third-order valence-corrected chi connectivity index (χ3v) is 2.22. The van der Waals surface area contributed by atoms with E-state index in [0.29, 0.717) is 12.2 Å². The molecule has 0 fully saturated rings. The lowest BCUT2D eigenvalue weighted by molar-refractivity contribution is -0.136. The Morgan fingerprint density at radius 1 is 1.43 bits per heavy atom. The van der Waals surface area contributed by atoms with Crippen LogP contribution in [0.5, 0.6) is 0 Å². The molecule has 3 heteroatoms. The van der Waals surface area contributed by atoms with Gasteiger partial charge in [-0.05, 0) is 33.3 Å². The average molecular weight is 200 g/mol. The van der Waals surface area contributed by atoms with Crippen LogP contribution in [-0.4, -0.2) is 25.3 Å². The van der Waals surface area contributed by atoms with Gasteiger partial charge in [0.05, 0.1) is 19.3 Å². The minimum absolute atomic E-state index is 0.132. The van der Waals surface area contributed by atoms with E-state index in [1.165, 1.54) is 7.11 Å². The van der Waals surface area contributed by atoms with E-state index in [4.69, 9.17) is 4.74 Å². The molecule has 0 aliphatic rings. The van der Waals surface area contributed by atoms with Gasteiger partial charge in [-0.25, -0.2) is 4.79 Å². The van der Waals surface area contributed by atoms with Gasteiger partial charge in [0.2, 0.25) is 0 Å². The second-order valence-electron chi connectivity index (χ2n) is 3.80. The number of hydrogen-bond donors (Lipinski definition) is 0. The van der Waals surface area contributed by atoms with Gasteiger partial charge in [0, 0.05) is 5.57 Å². The molecule has 0 spiro atoms. The molecule has 0 amide bonds. The van der Waals surface area contributed by atoms with Crippen LogP contribution in [0.1, 0.15) is 34.1 Å². The summed E-state index contributed by atoms with van der Waals surface area (Å²) in [6.07, 6.45) is 2.68. The Labute approximate surface area is 86.1 Å². The number of carbonyl (C=O) groups is 1. The lowest BCUT2D eigenvalue weighted by Gasteiger charge is -2.22. The number of carbonyl (C=O) groups excluding carboxylic acids is 1. The molecule has 0 saturated heterocycles. The first kappa shape index (κ1) is 13.2. The summed E-state index contributed by atoms with van der Waals surface area (Å²) in [6.45, 7) is 8.27. The third-order valence-electron chi connectivity index (χ3n) is 2.22. The molecule has 0 unspecified atom stereocenters. The summed E-state index contributed by atoms with van der Waals surface area (Å²) >= 11 is 0. The van der Waals surface area contributed by atoms with E-state index in [2.05, 4.69) is 11.7 Å². The Kier molecular flexibility index (Phi) is 5.46. The highest BCUT2D eigenvalue weighted by Gasteiger charge is 2.14. The summed E-state index contributed by atoms with van der Waals surface area (Å²) in [5, 5.41) is 0. The minimum Gasteiger partial charge on any atom is -0.466 e. The molecule has 0 aromatic rings. The molecule has 0 aromatic heterocycles. The van der Waals surface area contributed by atoms with Crippen molar-refractivity contribution in [1.82, 2.24) is 0 Å². The van der Waals surface area contributed by atoms with E-state index in [1.807, 2.05) is 13.8 Å². The third kappa shape index (κ3) is 5.02. The van der Waals surface area contributed by atoms with Crippen molar-refractivity contribution in [2.45, 2.75) is 39.7 Å². The van der Waals surface area contributed by atoms with Crippen LogP contribution in [0, 0.1) is 0 Å². The van der Waals surface area contributed by atoms with E-state index in [0.717, 1.165) is 6.42 Å². The van der Waals surface area contributed by atoms with E-state index < -0.39 is 0 Å². The Hall–Kier alpha value is -0.830. The minimum atomic E-state index is -0.303. The van der Waals surface area contributed by atoms with Gasteiger partial charge in [0.25, 0.3) is 0 Å². The maximum absolute atomic E-state index is 11.0. The van der Waals surface area contributed by atoms with Crippen LogP contribution in [0.2, 0.25) is 0 Å². The second kappa shape index (κ2) is 5.81. The number of esters is 1. The van der Waals surface area contributed by atoms with Crippen molar-refractivity contribution in [3.63, 3.8) is 0 Å². The van der Waals surface area contributed by atoms with E-state index in [9.17, 15) is 4.79 Å². The quantitative estimate of drug-likeness (QED) is 0.504. The highest BCUT2D eigenvalue weighted by molar-refractivity contribution is 5.87. The predicted molar refractivity (Wildman–Crippen MR) is 56.1 cm³/mol. The lowest BCUT2D eigenvalue weighted by Crippen LogP contribution is -2.23. The molecule has 0 radical (unpaired) electrons. The molecule has 0 bridgehead atoms. The van der Waals surface area contributed by atoms with Crippen LogP contribution >= 0.6 is 0 Å². The summed E-state index contributed by atoms with van der Waals surface area (Å²) in [5.74, 6) is -0.303. The van der Waals surface area contributed by atoms with Crippen LogP contribution in [-0.2, 0) is 14.3 Å². The molecule has 0 heterocycles. The normalized spacial score (nSPS) is 12.8. The lowest BCUT2D eigenvalue weighted by atomic mass is 10.1. The molecule has 82 valence electrons. The van der Waals surface area contributed by atoms with Crippen molar-refractivity contribution in [2.24, 2.45) is 0 Å². The van der Waals surface area contributed by atoms with Gasteiger partial charge in [-0.1, -0.05) is 6.92 Å². The number of hydrogen-bond acceptors (Lipinski definition) is 3. The Bertz CT molecular complexity index is 217. The zero-order valence-corrected chi connectivity index (χ0v) is 9.72. The molecule has 0 saturated carbocycles. The first-order valence-electron chi connectivity index (χ1n) is 4.82. The maximum atomic E-state index is 11.0. The number of rotatable bonds is 5. The van der Waals surface area contributed by atoms with Crippen LogP contribution in [0.3, 0.4) is 0 Å². The van der Waals surface area contributed by atoms with Gasteiger partial charge in [-0.15, -0.1) is 0 Å². The Morgan fingerprint density at radius 2 is 2.00 bits per heavy atom. The van der Waals surface area contributed by atoms with Crippen molar-refractivity contribution in [1.29, 1.82) is 0 Å². The zero-order chi connectivity index (χ0) is 11.2. The highest BCUT2D eigenvalue weighted by Crippen LogP contribution is 2.13. The number of methoxy groups -OCH3 is 1. The summed E-state index contributed by atoms with van der Waals surface area (Å²) < 4.78 is 10.1. The van der Waals surface area contributed by atoms with Gasteiger partial charge < -0.3 is 9.47 Å². The SMILES string of the molecule is CCC(C)(C)OCC=C(C)C(=O)OC. The van der Waals surface area contributed by atoms with Crippen LogP contribution in [0.15, 0.2) is 11.6 Å². The van der Waals surface area contributed by atoms with Crippen molar-refractivity contribution >= 4 is 5.97 Å². The summed E-state index contributed by atoms with van der Waals surface area (Å²) in [6, 6.07) is 0. The van der Waals surface area contributed by atoms with Crippen LogP contribution in [0.25, 0.3) is 0 Å². The average Bonchev–Trinajstić information content (AvgIpc) is 2.16. The summed E-state index contributed by atoms with van der Waals surface area (Å²) in [7, 11) is 1.37. The molecule has 0 aromatic carbocycles. The highest BCUT2D eigenvalue weighted by atomic mass is 16.5. The number of ether oxygens (including phenoxy) is 2. The topological polar surface area (TPSA) is 35.5 Å². The predicted octanol–water partition coefficient (Wildman–Crippen LogP) is 2.31. The first-order chi connectivity index (χ1) is 6.43. The molecule has 0 N–H and O–H groups in total. The first-order valence-corrected chi connectivity index (χ1v) is 4.82. The van der Waals surface area contributed by atoms with Gasteiger partial charge in [0.1, 0.15) is 0 Å². The largest absolute Gasteiger partial charge is 0.466 e. The van der Waals surface area contributed by atoms with E-state index >= 15 is 0 Å². The molecule has 0 rings (SSSR count). The molecular weight excluding hydrogens is 180 g/mol. The fourth-order valence-corrected chi connectivity index (χ4v) is 0.739. The van der Waals surface area contributed by atoms with Crippen LogP contribution < -0.4 is 0 Å². The van der Waals surface area contributed by atoms with Gasteiger partial charge >= 0.3 is 5.97 Å². The molecule has 3 nitrogen and oxygen atoms in total. The summed E-state index contributed by atoms with van der Waals surface area (Å²) in [5.41, 5.74) is 0.451. The maximum Gasteiger partial charge on any atom is 0.333 e. The molecule has 0 aliphatic carbocycles. The second-order valence-corrected chi connectivity index (χ2v) is 3.80. The fourth-order valence-electron chi connectivity index (χ4n) is 0.739. The van der Waals surface area contributed by atoms with Gasteiger partial charge in [0.15, 0.2) is 0 Å². The molecule has 0 atom stereocenters. The standard InChI is InChI=1S/C11H20O3/c1-6-11(3,4)14-8-7-9(2)10(12)13-5/h7H,6,8H2,1-5H3. The van der Waals surface area contributed by atoms with Crippen molar-refractivity contribution in [2.75, 3.05) is 13.7 Å². The van der Waals surface area contributed by atoms with Crippen molar-refractivity contribution in [3.8, 4) is 0 Å². The van der Waals surface area contributed by atoms with Crippen molar-refractivity contribution in [3.05, 3.63) is 11.6 Å².